The fourth-order valence-corrected chi connectivity index (χ4v) is 0.357. The first-order valence-corrected chi connectivity index (χ1v) is 2.71. The van der Waals surface area contributed by atoms with Crippen LogP contribution in [-0.2, 0) is 0 Å². The van der Waals surface area contributed by atoms with Gasteiger partial charge in [0, 0.05) is 6.42 Å². The van der Waals surface area contributed by atoms with E-state index in [1.807, 2.05) is 19.1 Å². The maximum Gasteiger partial charge on any atom is 0.0127 e. The molecular formula is C8H10. The van der Waals surface area contributed by atoms with Crippen molar-refractivity contribution in [2.75, 3.05) is 0 Å². The molecule has 0 nitrogen and oxygen atoms in total. The maximum atomic E-state index is 5.00. The zero-order chi connectivity index (χ0) is 6.24. The molecule has 8 heavy (non-hydrogen) atoms. The van der Waals surface area contributed by atoms with Crippen molar-refractivity contribution < 1.29 is 0 Å². The second-order valence-electron chi connectivity index (χ2n) is 1.40. The van der Waals surface area contributed by atoms with Crippen LogP contribution in [0.15, 0.2) is 17.9 Å². The summed E-state index contributed by atoms with van der Waals surface area (Å²) in [5.74, 6) is 2.54. The van der Waals surface area contributed by atoms with E-state index >= 15 is 0 Å². The molecule has 0 amide bonds. The van der Waals surface area contributed by atoms with Gasteiger partial charge in [-0.15, -0.1) is 18.1 Å². The van der Waals surface area contributed by atoms with E-state index in [-0.39, 0.29) is 0 Å². The van der Waals surface area contributed by atoms with Gasteiger partial charge in [0.15, 0.2) is 0 Å². The number of hydrogen-bond acceptors (Lipinski definition) is 0. The van der Waals surface area contributed by atoms with Gasteiger partial charge in [0.2, 0.25) is 0 Å². The van der Waals surface area contributed by atoms with Crippen LogP contribution >= 0.6 is 0 Å². The Morgan fingerprint density at radius 1 is 1.62 bits per heavy atom. The molecule has 0 N–H and O–H groups in total. The van der Waals surface area contributed by atoms with E-state index in [9.17, 15) is 0 Å². The predicted molar refractivity (Wildman–Crippen MR) is 36.4 cm³/mol. The van der Waals surface area contributed by atoms with Crippen molar-refractivity contribution in [1.82, 2.24) is 0 Å². The van der Waals surface area contributed by atoms with Crippen molar-refractivity contribution in [3.05, 3.63) is 17.9 Å². The van der Waals surface area contributed by atoms with Crippen LogP contribution in [0.3, 0.4) is 0 Å². The fraction of sp³-hybridized carbons (Fsp3) is 0.375. The third kappa shape index (κ3) is 5.08. The van der Waals surface area contributed by atoms with E-state index in [0.717, 1.165) is 12.8 Å². The standard InChI is InChI=1S/C8H10/c1-3-5-7-8-6-4-2/h1,4,8H,5,7H2,2H3. The lowest BCUT2D eigenvalue weighted by Gasteiger charge is -1.74. The summed E-state index contributed by atoms with van der Waals surface area (Å²) in [6.45, 7) is 1.94. The monoisotopic (exact) mass is 106 g/mol. The molecule has 0 unspecified atom stereocenters. The summed E-state index contributed by atoms with van der Waals surface area (Å²) < 4.78 is 0. The van der Waals surface area contributed by atoms with Gasteiger partial charge in [0.1, 0.15) is 0 Å². The van der Waals surface area contributed by atoms with Gasteiger partial charge in [-0.25, -0.2) is 0 Å². The van der Waals surface area contributed by atoms with Gasteiger partial charge in [-0.3, -0.25) is 0 Å². The Labute approximate surface area is 50.9 Å². The molecule has 0 rings (SSSR count). The number of hydrogen-bond donors (Lipinski definition) is 0. The molecule has 0 atom stereocenters. The second kappa shape index (κ2) is 6.08. The van der Waals surface area contributed by atoms with E-state index in [4.69, 9.17) is 6.42 Å². The van der Waals surface area contributed by atoms with Gasteiger partial charge >= 0.3 is 0 Å². The van der Waals surface area contributed by atoms with Crippen LogP contribution in [0.4, 0.5) is 0 Å². The minimum Gasteiger partial charge on any atom is -0.130 e. The first-order valence-electron chi connectivity index (χ1n) is 2.71. The van der Waals surface area contributed by atoms with E-state index < -0.39 is 0 Å². The fourth-order valence-electron chi connectivity index (χ4n) is 0.357. The van der Waals surface area contributed by atoms with Gasteiger partial charge in [-0.05, 0) is 25.5 Å². The Kier molecular flexibility index (Phi) is 5.38. The molecule has 0 saturated carbocycles. The van der Waals surface area contributed by atoms with Crippen LogP contribution in [-0.4, -0.2) is 0 Å². The van der Waals surface area contributed by atoms with Gasteiger partial charge in [-0.1, -0.05) is 0 Å². The molecule has 0 fully saturated rings. The van der Waals surface area contributed by atoms with E-state index in [0.29, 0.717) is 0 Å². The summed E-state index contributed by atoms with van der Waals surface area (Å²) in [4.78, 5) is 0. The topological polar surface area (TPSA) is 0 Å². The molecule has 0 saturated heterocycles. The molecule has 42 valence electrons. The SMILES string of the molecule is C#CCCC=C=CC. The lowest BCUT2D eigenvalue weighted by Crippen LogP contribution is -1.59. The molecule has 0 spiro atoms. The summed E-state index contributed by atoms with van der Waals surface area (Å²) in [5.41, 5.74) is 2.94. The number of terminal acetylenes is 1. The number of allylic oxidation sites excluding steroid dienone is 1. The predicted octanol–water partition coefficient (Wildman–Crippen LogP) is 2.13. The van der Waals surface area contributed by atoms with E-state index in [1.54, 1.807) is 0 Å². The van der Waals surface area contributed by atoms with Crippen molar-refractivity contribution in [2.24, 2.45) is 0 Å². The molecule has 0 aliphatic rings. The molecule has 0 aromatic heterocycles. The van der Waals surface area contributed by atoms with Crippen molar-refractivity contribution in [3.8, 4) is 12.3 Å². The first kappa shape index (κ1) is 7.08. The quantitative estimate of drug-likeness (QED) is 0.287. The van der Waals surface area contributed by atoms with E-state index in [2.05, 4.69) is 11.7 Å². The second-order valence-corrected chi connectivity index (χ2v) is 1.40. The summed E-state index contributed by atoms with van der Waals surface area (Å²) in [5, 5.41) is 0. The molecule has 0 aromatic carbocycles. The summed E-state index contributed by atoms with van der Waals surface area (Å²) in [6, 6.07) is 0. The summed E-state index contributed by atoms with van der Waals surface area (Å²) in [6.07, 6.45) is 10.6. The van der Waals surface area contributed by atoms with Crippen LogP contribution in [0, 0.1) is 12.3 Å². The molecule has 0 radical (unpaired) electrons. The lowest BCUT2D eigenvalue weighted by molar-refractivity contribution is 1.09. The number of rotatable bonds is 2. The average Bonchev–Trinajstić information content (AvgIpc) is 1.81. The highest BCUT2D eigenvalue weighted by atomic mass is 13.7. The van der Waals surface area contributed by atoms with Crippen molar-refractivity contribution >= 4 is 0 Å². The van der Waals surface area contributed by atoms with Crippen molar-refractivity contribution in [3.63, 3.8) is 0 Å². The molecule has 0 aliphatic carbocycles. The Bertz CT molecular complexity index is 129. The number of unbranched alkanes of at least 4 members (excludes halogenated alkanes) is 1. The molecule has 0 heteroatoms. The molecule has 0 aliphatic heterocycles. The van der Waals surface area contributed by atoms with Crippen molar-refractivity contribution in [2.45, 2.75) is 19.8 Å². The highest BCUT2D eigenvalue weighted by Crippen LogP contribution is 1.84. The molecular weight excluding hydrogens is 96.1 g/mol. The maximum absolute atomic E-state index is 5.00. The van der Waals surface area contributed by atoms with E-state index in [1.165, 1.54) is 0 Å². The minimum absolute atomic E-state index is 0.820. The summed E-state index contributed by atoms with van der Waals surface area (Å²) in [7, 11) is 0. The Morgan fingerprint density at radius 2 is 2.38 bits per heavy atom. The average molecular weight is 106 g/mol. The minimum atomic E-state index is 0.820. The van der Waals surface area contributed by atoms with Crippen LogP contribution in [0.25, 0.3) is 0 Å². The van der Waals surface area contributed by atoms with Gasteiger partial charge < -0.3 is 0 Å². The normalized spacial score (nSPS) is 6.50. The van der Waals surface area contributed by atoms with Gasteiger partial charge in [0.25, 0.3) is 0 Å². The molecule has 0 bridgehead atoms. The van der Waals surface area contributed by atoms with Gasteiger partial charge in [0.05, 0.1) is 0 Å². The zero-order valence-corrected chi connectivity index (χ0v) is 5.15. The first-order chi connectivity index (χ1) is 3.91. The highest BCUT2D eigenvalue weighted by Gasteiger charge is 1.68. The third-order valence-electron chi connectivity index (χ3n) is 0.718. The Morgan fingerprint density at radius 3 is 2.88 bits per heavy atom. The molecule has 0 heterocycles. The van der Waals surface area contributed by atoms with Crippen molar-refractivity contribution in [1.29, 1.82) is 0 Å². The summed E-state index contributed by atoms with van der Waals surface area (Å²) >= 11 is 0. The zero-order valence-electron chi connectivity index (χ0n) is 5.15. The Balaban J connectivity index is 3.20. The smallest absolute Gasteiger partial charge is 0.0127 e. The lowest BCUT2D eigenvalue weighted by atomic mass is 10.3. The molecule has 0 aromatic rings. The van der Waals surface area contributed by atoms with Crippen LogP contribution < -0.4 is 0 Å². The highest BCUT2D eigenvalue weighted by molar-refractivity contribution is 4.89. The van der Waals surface area contributed by atoms with Crippen LogP contribution in [0.1, 0.15) is 19.8 Å². The van der Waals surface area contributed by atoms with Crippen LogP contribution in [0.5, 0.6) is 0 Å². The Hall–Kier alpha value is -0.920. The van der Waals surface area contributed by atoms with Gasteiger partial charge in [-0.2, -0.15) is 0 Å². The third-order valence-corrected chi connectivity index (χ3v) is 0.718. The van der Waals surface area contributed by atoms with Crippen LogP contribution in [0.2, 0.25) is 0 Å². The largest absolute Gasteiger partial charge is 0.130 e.